The van der Waals surface area contributed by atoms with Gasteiger partial charge in [-0.3, -0.25) is 10.3 Å². The number of carbonyl (C=O) groups is 1. The molecule has 1 amide bonds. The fraction of sp³-hybridized carbons (Fsp3) is 0.200. The Labute approximate surface area is 149 Å². The summed E-state index contributed by atoms with van der Waals surface area (Å²) in [6.07, 6.45) is -1.55. The number of carbonyl (C=O) groups excluding carboxylic acids is 1. The van der Waals surface area contributed by atoms with Gasteiger partial charge in [-0.25, -0.2) is 14.8 Å². The van der Waals surface area contributed by atoms with Crippen molar-refractivity contribution < 1.29 is 27.2 Å². The molecule has 140 valence electrons. The Morgan fingerprint density at radius 2 is 1.96 bits per heavy atom. The lowest BCUT2D eigenvalue weighted by Crippen LogP contribution is -2.14. The van der Waals surface area contributed by atoms with Crippen LogP contribution in [0.5, 0.6) is 0 Å². The standard InChI is InChI=1S/C15H11F3N6O3/c1-8-9(3-2-4-19-8)7-26-14(25)22-10-5-20-11(21-6-10)12-23-13(27-24-12)15(16,17)18/h2-6H,7H2,1H3,(H,22,25). The highest BCUT2D eigenvalue weighted by Gasteiger charge is 2.38. The van der Waals surface area contributed by atoms with E-state index in [1.807, 2.05) is 0 Å². The first-order valence-electron chi connectivity index (χ1n) is 7.40. The summed E-state index contributed by atoms with van der Waals surface area (Å²) >= 11 is 0. The van der Waals surface area contributed by atoms with Crippen molar-refractivity contribution in [3.8, 4) is 11.6 Å². The number of pyridine rings is 1. The van der Waals surface area contributed by atoms with Crippen molar-refractivity contribution in [2.75, 3.05) is 5.32 Å². The van der Waals surface area contributed by atoms with Crippen LogP contribution in [-0.2, 0) is 17.5 Å². The number of ether oxygens (including phenoxy) is 1. The average molecular weight is 380 g/mol. The Kier molecular flexibility index (Phi) is 4.96. The van der Waals surface area contributed by atoms with Gasteiger partial charge < -0.3 is 9.26 Å². The molecule has 0 aromatic carbocycles. The second-order valence-corrected chi connectivity index (χ2v) is 5.17. The first-order valence-corrected chi connectivity index (χ1v) is 7.40. The molecule has 0 aliphatic carbocycles. The van der Waals surface area contributed by atoms with Gasteiger partial charge in [0.15, 0.2) is 0 Å². The van der Waals surface area contributed by atoms with Gasteiger partial charge in [-0.1, -0.05) is 11.2 Å². The van der Waals surface area contributed by atoms with E-state index in [1.165, 1.54) is 12.4 Å². The molecule has 27 heavy (non-hydrogen) atoms. The van der Waals surface area contributed by atoms with Crippen LogP contribution in [0.3, 0.4) is 0 Å². The number of hydrogen-bond acceptors (Lipinski definition) is 8. The van der Waals surface area contributed by atoms with E-state index in [0.29, 0.717) is 0 Å². The number of halogens is 3. The maximum atomic E-state index is 12.4. The third kappa shape index (κ3) is 4.54. The third-order valence-electron chi connectivity index (χ3n) is 3.24. The lowest BCUT2D eigenvalue weighted by Gasteiger charge is -2.08. The zero-order valence-corrected chi connectivity index (χ0v) is 13.7. The largest absolute Gasteiger partial charge is 0.471 e. The highest BCUT2D eigenvalue weighted by molar-refractivity contribution is 5.84. The first kappa shape index (κ1) is 18.2. The molecular formula is C15H11F3N6O3. The van der Waals surface area contributed by atoms with Crippen LogP contribution in [0.1, 0.15) is 17.1 Å². The van der Waals surface area contributed by atoms with Gasteiger partial charge in [0.05, 0.1) is 18.1 Å². The smallest absolute Gasteiger partial charge is 0.444 e. The normalized spacial score (nSPS) is 11.3. The summed E-state index contributed by atoms with van der Waals surface area (Å²) in [5.74, 6) is -2.12. The minimum absolute atomic E-state index is 0.0214. The Hall–Kier alpha value is -3.57. The maximum Gasteiger partial charge on any atom is 0.471 e. The molecule has 0 saturated heterocycles. The molecule has 1 N–H and O–H groups in total. The molecule has 3 aromatic rings. The van der Waals surface area contributed by atoms with E-state index in [1.54, 1.807) is 25.3 Å². The SMILES string of the molecule is Cc1ncccc1COC(=O)Nc1cnc(-c2noc(C(F)(F)F)n2)nc1. The van der Waals surface area contributed by atoms with Gasteiger partial charge in [-0.2, -0.15) is 18.2 Å². The van der Waals surface area contributed by atoms with Crippen LogP contribution in [0.25, 0.3) is 11.6 Å². The Balaban J connectivity index is 1.59. The average Bonchev–Trinajstić information content (AvgIpc) is 3.12. The Morgan fingerprint density at radius 3 is 2.59 bits per heavy atom. The van der Waals surface area contributed by atoms with Crippen LogP contribution in [0, 0.1) is 6.92 Å². The predicted octanol–water partition coefficient (Wildman–Crippen LogP) is 3.00. The van der Waals surface area contributed by atoms with Gasteiger partial charge in [0, 0.05) is 17.5 Å². The van der Waals surface area contributed by atoms with Crippen LogP contribution in [0.15, 0.2) is 35.2 Å². The van der Waals surface area contributed by atoms with Crippen molar-refractivity contribution in [1.82, 2.24) is 25.1 Å². The minimum atomic E-state index is -4.76. The van der Waals surface area contributed by atoms with E-state index in [0.717, 1.165) is 11.3 Å². The zero-order valence-electron chi connectivity index (χ0n) is 13.7. The highest BCUT2D eigenvalue weighted by Crippen LogP contribution is 2.28. The topological polar surface area (TPSA) is 116 Å². The number of aromatic nitrogens is 5. The summed E-state index contributed by atoms with van der Waals surface area (Å²) in [7, 11) is 0. The van der Waals surface area contributed by atoms with E-state index in [9.17, 15) is 18.0 Å². The van der Waals surface area contributed by atoms with E-state index in [-0.39, 0.29) is 18.1 Å². The summed E-state index contributed by atoms with van der Waals surface area (Å²) in [6.45, 7) is 1.80. The molecule has 0 atom stereocenters. The van der Waals surface area contributed by atoms with Crippen LogP contribution < -0.4 is 5.32 Å². The molecule has 0 aliphatic rings. The van der Waals surface area contributed by atoms with Crippen molar-refractivity contribution in [3.05, 3.63) is 47.9 Å². The molecule has 0 unspecified atom stereocenters. The lowest BCUT2D eigenvalue weighted by molar-refractivity contribution is -0.159. The molecule has 3 rings (SSSR count). The second kappa shape index (κ2) is 7.35. The van der Waals surface area contributed by atoms with Gasteiger partial charge in [-0.15, -0.1) is 0 Å². The number of hydrogen-bond donors (Lipinski definition) is 1. The van der Waals surface area contributed by atoms with Gasteiger partial charge in [0.1, 0.15) is 6.61 Å². The fourth-order valence-electron chi connectivity index (χ4n) is 1.90. The lowest BCUT2D eigenvalue weighted by atomic mass is 10.2. The van der Waals surface area contributed by atoms with Crippen LogP contribution in [0.4, 0.5) is 23.7 Å². The molecule has 9 nitrogen and oxygen atoms in total. The van der Waals surface area contributed by atoms with Crippen LogP contribution in [0.2, 0.25) is 0 Å². The molecule has 3 heterocycles. The summed E-state index contributed by atoms with van der Waals surface area (Å²) in [4.78, 5) is 26.6. The van der Waals surface area contributed by atoms with E-state index < -0.39 is 24.0 Å². The minimum Gasteiger partial charge on any atom is -0.444 e. The van der Waals surface area contributed by atoms with Gasteiger partial charge in [0.25, 0.3) is 0 Å². The molecule has 0 spiro atoms. The van der Waals surface area contributed by atoms with Crippen molar-refractivity contribution in [3.63, 3.8) is 0 Å². The van der Waals surface area contributed by atoms with Gasteiger partial charge in [-0.05, 0) is 13.0 Å². The third-order valence-corrected chi connectivity index (χ3v) is 3.24. The summed E-state index contributed by atoms with van der Waals surface area (Å²) in [5, 5.41) is 5.55. The Bertz CT molecular complexity index is 942. The molecule has 12 heteroatoms. The molecular weight excluding hydrogens is 369 g/mol. The highest BCUT2D eigenvalue weighted by atomic mass is 19.4. The number of amides is 1. The van der Waals surface area contributed by atoms with Crippen molar-refractivity contribution in [1.29, 1.82) is 0 Å². The second-order valence-electron chi connectivity index (χ2n) is 5.17. The number of rotatable bonds is 4. The van der Waals surface area contributed by atoms with E-state index in [4.69, 9.17) is 4.74 Å². The zero-order chi connectivity index (χ0) is 19.4. The molecule has 0 fully saturated rings. The summed E-state index contributed by atoms with van der Waals surface area (Å²) in [5.41, 5.74) is 1.65. The summed E-state index contributed by atoms with van der Waals surface area (Å²) < 4.78 is 46.5. The van der Waals surface area contributed by atoms with E-state index in [2.05, 4.69) is 34.9 Å². The van der Waals surface area contributed by atoms with Gasteiger partial charge >= 0.3 is 18.2 Å². The summed E-state index contributed by atoms with van der Waals surface area (Å²) in [6, 6.07) is 3.49. The monoisotopic (exact) mass is 380 g/mol. The molecule has 0 aliphatic heterocycles. The fourth-order valence-corrected chi connectivity index (χ4v) is 1.90. The molecule has 0 saturated carbocycles. The number of anilines is 1. The van der Waals surface area contributed by atoms with Crippen LogP contribution >= 0.6 is 0 Å². The number of alkyl halides is 3. The first-order chi connectivity index (χ1) is 12.8. The number of aryl methyl sites for hydroxylation is 1. The van der Waals surface area contributed by atoms with Crippen LogP contribution in [-0.4, -0.2) is 31.2 Å². The van der Waals surface area contributed by atoms with Crippen molar-refractivity contribution in [2.24, 2.45) is 0 Å². The van der Waals surface area contributed by atoms with E-state index >= 15 is 0 Å². The number of nitrogens with zero attached hydrogens (tertiary/aromatic N) is 5. The predicted molar refractivity (Wildman–Crippen MR) is 83.1 cm³/mol. The van der Waals surface area contributed by atoms with Crippen molar-refractivity contribution in [2.45, 2.75) is 19.7 Å². The molecule has 0 bridgehead atoms. The maximum absolute atomic E-state index is 12.4. The number of nitrogens with one attached hydrogen (secondary N) is 1. The Morgan fingerprint density at radius 1 is 1.22 bits per heavy atom. The quantitative estimate of drug-likeness (QED) is 0.734. The van der Waals surface area contributed by atoms with Gasteiger partial charge in [0.2, 0.25) is 11.6 Å². The molecule has 0 radical (unpaired) electrons. The molecule has 3 aromatic heterocycles. The van der Waals surface area contributed by atoms with Crippen molar-refractivity contribution >= 4 is 11.8 Å².